The van der Waals surface area contributed by atoms with Crippen LogP contribution in [0.15, 0.2) is 48.7 Å². The first-order chi connectivity index (χ1) is 15.7. The Bertz CT molecular complexity index is 1200. The quantitative estimate of drug-likeness (QED) is 0.602. The standard InChI is InChI=1S/C24H22F3N3O3/c25-24(26,27)16-3-7-21(28-14-16)33-18-4-6-19-15(12-18)2-5-20(29-19)22(32)30-11-1-9-23(30)10-8-17(31)13-23/h2-7,12,14,17,31H,1,8-11,13H2/t17-,23-/m0/s1. The average Bonchev–Trinajstić information content (AvgIpc) is 3.38. The zero-order valence-corrected chi connectivity index (χ0v) is 17.7. The number of ether oxygens (including phenoxy) is 1. The Balaban J connectivity index is 1.34. The van der Waals surface area contributed by atoms with Gasteiger partial charge in [-0.15, -0.1) is 0 Å². The third-order valence-electron chi connectivity index (χ3n) is 6.57. The highest BCUT2D eigenvalue weighted by molar-refractivity contribution is 5.95. The van der Waals surface area contributed by atoms with E-state index in [4.69, 9.17) is 4.74 Å². The van der Waals surface area contributed by atoms with Crippen LogP contribution in [0.25, 0.3) is 10.9 Å². The predicted octanol–water partition coefficient (Wildman–Crippen LogP) is 4.96. The molecule has 1 aliphatic heterocycles. The van der Waals surface area contributed by atoms with Crippen molar-refractivity contribution in [2.45, 2.75) is 49.9 Å². The molecule has 1 amide bonds. The van der Waals surface area contributed by atoms with Gasteiger partial charge in [-0.2, -0.15) is 13.2 Å². The summed E-state index contributed by atoms with van der Waals surface area (Å²) in [6, 6.07) is 10.5. The minimum absolute atomic E-state index is 0.0418. The van der Waals surface area contributed by atoms with E-state index in [0.717, 1.165) is 36.9 Å². The number of aromatic nitrogens is 2. The van der Waals surface area contributed by atoms with E-state index < -0.39 is 11.7 Å². The van der Waals surface area contributed by atoms with Crippen molar-refractivity contribution in [1.82, 2.24) is 14.9 Å². The number of pyridine rings is 2. The number of nitrogens with zero attached hydrogens (tertiary/aromatic N) is 3. The molecule has 2 atom stereocenters. The molecule has 5 rings (SSSR count). The summed E-state index contributed by atoms with van der Waals surface area (Å²) in [4.78, 5) is 23.4. The van der Waals surface area contributed by atoms with Gasteiger partial charge in [0, 0.05) is 29.7 Å². The van der Waals surface area contributed by atoms with Gasteiger partial charge in [0.05, 0.1) is 17.2 Å². The lowest BCUT2D eigenvalue weighted by atomic mass is 9.93. The number of fused-ring (bicyclic) bond motifs is 1. The van der Waals surface area contributed by atoms with Gasteiger partial charge >= 0.3 is 6.18 Å². The van der Waals surface area contributed by atoms with E-state index in [2.05, 4.69) is 9.97 Å². The number of aliphatic hydroxyl groups is 1. The molecule has 9 heteroatoms. The normalized spacial score (nSPS) is 22.9. The number of hydrogen-bond acceptors (Lipinski definition) is 5. The van der Waals surface area contributed by atoms with Crippen LogP contribution in [0.3, 0.4) is 0 Å². The lowest BCUT2D eigenvalue weighted by Gasteiger charge is -2.35. The van der Waals surface area contributed by atoms with Crippen LogP contribution in [0, 0.1) is 0 Å². The van der Waals surface area contributed by atoms with Gasteiger partial charge in [0.1, 0.15) is 11.4 Å². The van der Waals surface area contributed by atoms with Crippen LogP contribution in [0.1, 0.15) is 48.2 Å². The molecule has 3 heterocycles. The lowest BCUT2D eigenvalue weighted by Crippen LogP contribution is -2.46. The summed E-state index contributed by atoms with van der Waals surface area (Å²) in [7, 11) is 0. The summed E-state index contributed by atoms with van der Waals surface area (Å²) < 4.78 is 43.6. The number of amides is 1. The SMILES string of the molecule is O=C(c1ccc2cc(Oc3ccc(C(F)(F)F)cn3)ccc2n1)N1CCC[C@@]12CC[C@H](O)C2. The number of hydrogen-bond donors (Lipinski definition) is 1. The molecule has 2 fully saturated rings. The topological polar surface area (TPSA) is 75.5 Å². The number of rotatable bonds is 3. The Morgan fingerprint density at radius 3 is 2.70 bits per heavy atom. The average molecular weight is 457 g/mol. The molecule has 0 bridgehead atoms. The summed E-state index contributed by atoms with van der Waals surface area (Å²) in [6.07, 6.45) is -0.123. The van der Waals surface area contributed by atoms with Crippen molar-refractivity contribution >= 4 is 16.8 Å². The Morgan fingerprint density at radius 2 is 2.00 bits per heavy atom. The zero-order chi connectivity index (χ0) is 23.2. The van der Waals surface area contributed by atoms with E-state index in [1.54, 1.807) is 30.3 Å². The van der Waals surface area contributed by atoms with E-state index in [9.17, 15) is 23.1 Å². The molecule has 2 aromatic heterocycles. The van der Waals surface area contributed by atoms with E-state index in [1.807, 2.05) is 4.90 Å². The number of benzene rings is 1. The minimum Gasteiger partial charge on any atom is -0.439 e. The third-order valence-corrected chi connectivity index (χ3v) is 6.57. The largest absolute Gasteiger partial charge is 0.439 e. The predicted molar refractivity (Wildman–Crippen MR) is 114 cm³/mol. The van der Waals surface area contributed by atoms with Gasteiger partial charge < -0.3 is 14.7 Å². The van der Waals surface area contributed by atoms with Crippen LogP contribution in [-0.4, -0.2) is 44.1 Å². The van der Waals surface area contributed by atoms with E-state index in [0.29, 0.717) is 36.3 Å². The molecule has 172 valence electrons. The van der Waals surface area contributed by atoms with Crippen LogP contribution < -0.4 is 4.74 Å². The molecular formula is C24H22F3N3O3. The van der Waals surface area contributed by atoms with Gasteiger partial charge in [-0.05, 0) is 62.4 Å². The Hall–Kier alpha value is -3.20. The number of carbonyl (C=O) groups is 1. The molecule has 1 spiro atoms. The number of alkyl halides is 3. The second-order valence-corrected chi connectivity index (χ2v) is 8.72. The van der Waals surface area contributed by atoms with Crippen LogP contribution in [0.4, 0.5) is 13.2 Å². The number of likely N-dealkylation sites (tertiary alicyclic amines) is 1. The van der Waals surface area contributed by atoms with Crippen molar-refractivity contribution in [1.29, 1.82) is 0 Å². The Labute approximate surface area is 188 Å². The van der Waals surface area contributed by atoms with Crippen LogP contribution in [0.5, 0.6) is 11.6 Å². The number of halogens is 3. The minimum atomic E-state index is -4.46. The summed E-state index contributed by atoms with van der Waals surface area (Å²) in [5.74, 6) is 0.312. The van der Waals surface area contributed by atoms with Crippen molar-refractivity contribution in [3.63, 3.8) is 0 Å². The third kappa shape index (κ3) is 4.13. The highest BCUT2D eigenvalue weighted by Gasteiger charge is 2.48. The van der Waals surface area contributed by atoms with Gasteiger partial charge in [-0.1, -0.05) is 6.07 Å². The summed E-state index contributed by atoms with van der Waals surface area (Å²) in [6.45, 7) is 0.665. The van der Waals surface area contributed by atoms with Gasteiger partial charge in [0.25, 0.3) is 5.91 Å². The van der Waals surface area contributed by atoms with Crippen molar-refractivity contribution in [2.75, 3.05) is 6.54 Å². The maximum Gasteiger partial charge on any atom is 0.417 e. The smallest absolute Gasteiger partial charge is 0.417 e. The second kappa shape index (κ2) is 7.98. The first-order valence-corrected chi connectivity index (χ1v) is 10.9. The Kier molecular flexibility index (Phi) is 5.23. The molecule has 1 N–H and O–H groups in total. The van der Waals surface area contributed by atoms with Gasteiger partial charge in [0.2, 0.25) is 5.88 Å². The molecule has 33 heavy (non-hydrogen) atoms. The lowest BCUT2D eigenvalue weighted by molar-refractivity contribution is -0.137. The van der Waals surface area contributed by atoms with Gasteiger partial charge in [-0.25, -0.2) is 9.97 Å². The fraction of sp³-hybridized carbons (Fsp3) is 0.375. The zero-order valence-electron chi connectivity index (χ0n) is 17.7. The van der Waals surface area contributed by atoms with Crippen molar-refractivity contribution in [2.24, 2.45) is 0 Å². The highest BCUT2D eigenvalue weighted by Crippen LogP contribution is 2.43. The van der Waals surface area contributed by atoms with Crippen LogP contribution in [-0.2, 0) is 6.18 Å². The van der Waals surface area contributed by atoms with E-state index in [-0.39, 0.29) is 23.4 Å². The second-order valence-electron chi connectivity index (χ2n) is 8.72. The van der Waals surface area contributed by atoms with Crippen LogP contribution >= 0.6 is 0 Å². The molecule has 1 saturated heterocycles. The number of carbonyl (C=O) groups excluding carboxylic acids is 1. The van der Waals surface area contributed by atoms with Gasteiger partial charge in [-0.3, -0.25) is 4.79 Å². The molecule has 2 aliphatic rings. The molecule has 0 unspecified atom stereocenters. The van der Waals surface area contributed by atoms with Crippen molar-refractivity contribution < 1.29 is 27.8 Å². The molecular weight excluding hydrogens is 435 g/mol. The van der Waals surface area contributed by atoms with Crippen molar-refractivity contribution in [3.8, 4) is 11.6 Å². The maximum absolute atomic E-state index is 13.2. The molecule has 1 saturated carbocycles. The molecule has 6 nitrogen and oxygen atoms in total. The van der Waals surface area contributed by atoms with E-state index in [1.165, 1.54) is 6.07 Å². The number of aliphatic hydroxyl groups excluding tert-OH is 1. The summed E-state index contributed by atoms with van der Waals surface area (Å²) in [5.41, 5.74) is -0.155. The summed E-state index contributed by atoms with van der Waals surface area (Å²) in [5, 5.41) is 10.8. The fourth-order valence-electron chi connectivity index (χ4n) is 4.96. The first-order valence-electron chi connectivity index (χ1n) is 10.9. The first kappa shape index (κ1) is 21.6. The Morgan fingerprint density at radius 1 is 1.15 bits per heavy atom. The summed E-state index contributed by atoms with van der Waals surface area (Å²) >= 11 is 0. The maximum atomic E-state index is 13.2. The highest BCUT2D eigenvalue weighted by atomic mass is 19.4. The molecule has 1 aliphatic carbocycles. The van der Waals surface area contributed by atoms with Gasteiger partial charge in [0.15, 0.2) is 0 Å². The molecule has 0 radical (unpaired) electrons. The monoisotopic (exact) mass is 457 g/mol. The molecule has 1 aromatic carbocycles. The molecule has 3 aromatic rings. The van der Waals surface area contributed by atoms with Crippen LogP contribution in [0.2, 0.25) is 0 Å². The van der Waals surface area contributed by atoms with Crippen molar-refractivity contribution in [3.05, 3.63) is 59.9 Å². The fourth-order valence-corrected chi connectivity index (χ4v) is 4.96. The van der Waals surface area contributed by atoms with E-state index >= 15 is 0 Å².